The van der Waals surface area contributed by atoms with Gasteiger partial charge in [-0.2, -0.15) is 0 Å². The molecule has 0 radical (unpaired) electrons. The van der Waals surface area contributed by atoms with Crippen molar-refractivity contribution in [3.8, 4) is 0 Å². The van der Waals surface area contributed by atoms with Crippen molar-refractivity contribution in [1.82, 2.24) is 10.2 Å². The highest BCUT2D eigenvalue weighted by atomic mass is 35.5. The van der Waals surface area contributed by atoms with Crippen LogP contribution in [0.25, 0.3) is 0 Å². The van der Waals surface area contributed by atoms with Gasteiger partial charge in [0, 0.05) is 12.3 Å². The fraction of sp³-hybridized carbons (Fsp3) is 0.500. The maximum absolute atomic E-state index is 5.28. The van der Waals surface area contributed by atoms with Gasteiger partial charge in [-0.1, -0.05) is 23.1 Å². The molecule has 0 saturated carbocycles. The fourth-order valence-corrected chi connectivity index (χ4v) is 1.70. The van der Waals surface area contributed by atoms with E-state index in [-0.39, 0.29) is 24.8 Å². The first-order chi connectivity index (χ1) is 4.43. The van der Waals surface area contributed by atoms with Crippen LogP contribution in [-0.4, -0.2) is 22.5 Å². The van der Waals surface area contributed by atoms with E-state index in [2.05, 4.69) is 10.2 Å². The summed E-state index contributed by atoms with van der Waals surface area (Å²) in [6.45, 7) is 0.699. The Balaban J connectivity index is 0. The zero-order valence-electron chi connectivity index (χ0n) is 5.60. The van der Waals surface area contributed by atoms with Gasteiger partial charge < -0.3 is 5.73 Å². The van der Waals surface area contributed by atoms with Crippen molar-refractivity contribution >= 4 is 47.9 Å². The predicted octanol–water partition coefficient (Wildman–Crippen LogP) is 1.43. The van der Waals surface area contributed by atoms with Gasteiger partial charge in [-0.05, 0) is 0 Å². The van der Waals surface area contributed by atoms with E-state index in [4.69, 9.17) is 5.73 Å². The molecule has 1 aromatic rings. The van der Waals surface area contributed by atoms with Crippen LogP contribution in [0.4, 0.5) is 0 Å². The number of aromatic nitrogens is 2. The first-order valence-electron chi connectivity index (χ1n) is 2.52. The molecule has 0 bridgehead atoms. The number of nitrogens with two attached hydrogens (primary N) is 1. The first-order valence-corrected chi connectivity index (χ1v) is 4.39. The van der Waals surface area contributed by atoms with Gasteiger partial charge in [0.2, 0.25) is 0 Å². The Morgan fingerprint density at radius 1 is 1.55 bits per heavy atom. The molecule has 0 aliphatic heterocycles. The lowest BCUT2D eigenvalue weighted by Gasteiger charge is -1.88. The highest BCUT2D eigenvalue weighted by molar-refractivity contribution is 8.01. The molecule has 0 saturated heterocycles. The largest absolute Gasteiger partial charge is 0.330 e. The lowest BCUT2D eigenvalue weighted by molar-refractivity contribution is 1.01. The van der Waals surface area contributed by atoms with Gasteiger partial charge in [-0.3, -0.25) is 0 Å². The maximum atomic E-state index is 5.28. The van der Waals surface area contributed by atoms with Crippen molar-refractivity contribution < 1.29 is 0 Å². The third-order valence-electron chi connectivity index (χ3n) is 0.683. The zero-order valence-corrected chi connectivity index (χ0v) is 8.86. The van der Waals surface area contributed by atoms with E-state index in [0.29, 0.717) is 6.54 Å². The fourth-order valence-electron chi connectivity index (χ4n) is 0.372. The summed E-state index contributed by atoms with van der Waals surface area (Å²) in [6.07, 6.45) is 0. The van der Waals surface area contributed by atoms with Crippen LogP contribution in [0.5, 0.6) is 0 Å². The second kappa shape index (κ2) is 8.55. The lowest BCUT2D eigenvalue weighted by atomic mass is 10.8. The highest BCUT2D eigenvalue weighted by Crippen LogP contribution is 2.17. The maximum Gasteiger partial charge on any atom is 0.174 e. The van der Waals surface area contributed by atoms with Crippen LogP contribution in [-0.2, 0) is 0 Å². The Hall–Kier alpha value is 0.450. The summed E-state index contributed by atoms with van der Waals surface area (Å²) in [6, 6.07) is 0. The van der Waals surface area contributed by atoms with Crippen LogP contribution < -0.4 is 5.73 Å². The third kappa shape index (κ3) is 5.69. The molecule has 0 aliphatic carbocycles. The zero-order chi connectivity index (χ0) is 6.53. The first kappa shape index (κ1) is 14.0. The van der Waals surface area contributed by atoms with Gasteiger partial charge in [0.1, 0.15) is 5.51 Å². The number of thioether (sulfide) groups is 1. The molecule has 1 aromatic heterocycles. The van der Waals surface area contributed by atoms with Crippen LogP contribution in [0.1, 0.15) is 0 Å². The van der Waals surface area contributed by atoms with Crippen LogP contribution >= 0.6 is 47.9 Å². The molecule has 3 nitrogen and oxygen atoms in total. The van der Waals surface area contributed by atoms with Crippen molar-refractivity contribution in [2.45, 2.75) is 4.34 Å². The molecular formula is C4H9Cl2N3S2. The van der Waals surface area contributed by atoms with E-state index >= 15 is 0 Å². The summed E-state index contributed by atoms with van der Waals surface area (Å²) in [5.74, 6) is 0.926. The van der Waals surface area contributed by atoms with Gasteiger partial charge in [-0.15, -0.1) is 35.0 Å². The average molecular weight is 234 g/mol. The number of hydrogen-bond donors (Lipinski definition) is 1. The number of rotatable bonds is 3. The molecule has 11 heavy (non-hydrogen) atoms. The van der Waals surface area contributed by atoms with E-state index in [1.165, 1.54) is 0 Å². The van der Waals surface area contributed by atoms with Crippen molar-refractivity contribution in [1.29, 1.82) is 0 Å². The summed E-state index contributed by atoms with van der Waals surface area (Å²) >= 11 is 3.20. The van der Waals surface area contributed by atoms with Crippen LogP contribution in [0.3, 0.4) is 0 Å². The number of halogens is 2. The molecule has 0 fully saturated rings. The number of hydrogen-bond acceptors (Lipinski definition) is 5. The molecule has 7 heteroatoms. The normalized spacial score (nSPS) is 8.09. The van der Waals surface area contributed by atoms with Crippen LogP contribution in [0, 0.1) is 0 Å². The molecule has 0 unspecified atom stereocenters. The molecule has 0 spiro atoms. The minimum atomic E-state index is 0. The summed E-state index contributed by atoms with van der Waals surface area (Å²) in [5, 5.41) is 7.51. The molecular weight excluding hydrogens is 225 g/mol. The smallest absolute Gasteiger partial charge is 0.174 e. The second-order valence-corrected chi connectivity index (χ2v) is 3.52. The van der Waals surface area contributed by atoms with Gasteiger partial charge in [0.05, 0.1) is 0 Å². The summed E-state index contributed by atoms with van der Waals surface area (Å²) in [5.41, 5.74) is 7.00. The lowest BCUT2D eigenvalue weighted by Crippen LogP contribution is -2.00. The van der Waals surface area contributed by atoms with E-state index in [1.807, 2.05) is 0 Å². The Kier molecular flexibility index (Phi) is 10.9. The van der Waals surface area contributed by atoms with Crippen molar-refractivity contribution in [3.05, 3.63) is 5.51 Å². The van der Waals surface area contributed by atoms with Gasteiger partial charge in [0.25, 0.3) is 0 Å². The highest BCUT2D eigenvalue weighted by Gasteiger charge is 1.93. The van der Waals surface area contributed by atoms with Gasteiger partial charge >= 0.3 is 0 Å². The molecule has 0 amide bonds. The van der Waals surface area contributed by atoms with Crippen molar-refractivity contribution in [3.63, 3.8) is 0 Å². The van der Waals surface area contributed by atoms with E-state index in [9.17, 15) is 0 Å². The number of nitrogens with zero attached hydrogens (tertiary/aromatic N) is 2. The van der Waals surface area contributed by atoms with Gasteiger partial charge in [0.15, 0.2) is 4.34 Å². The Morgan fingerprint density at radius 3 is 2.73 bits per heavy atom. The Morgan fingerprint density at radius 2 is 2.27 bits per heavy atom. The van der Waals surface area contributed by atoms with E-state index < -0.39 is 0 Å². The summed E-state index contributed by atoms with van der Waals surface area (Å²) < 4.78 is 1.00. The molecule has 66 valence electrons. The van der Waals surface area contributed by atoms with Crippen LogP contribution in [0.2, 0.25) is 0 Å². The third-order valence-corrected chi connectivity index (χ3v) is 2.58. The second-order valence-electron chi connectivity index (χ2n) is 1.34. The minimum Gasteiger partial charge on any atom is -0.330 e. The quantitative estimate of drug-likeness (QED) is 0.804. The molecule has 0 atom stereocenters. The molecule has 0 aliphatic rings. The Labute approximate surface area is 86.0 Å². The van der Waals surface area contributed by atoms with Gasteiger partial charge in [-0.25, -0.2) is 0 Å². The molecule has 2 N–H and O–H groups in total. The summed E-state index contributed by atoms with van der Waals surface area (Å²) in [7, 11) is 0. The van der Waals surface area contributed by atoms with Crippen LogP contribution in [0.15, 0.2) is 9.85 Å². The molecule has 0 aromatic carbocycles. The summed E-state index contributed by atoms with van der Waals surface area (Å²) in [4.78, 5) is 0. The SMILES string of the molecule is Cl.Cl.NCCSc1nncs1. The Bertz CT molecular complexity index is 158. The predicted molar refractivity (Wildman–Crippen MR) is 54.2 cm³/mol. The monoisotopic (exact) mass is 233 g/mol. The van der Waals surface area contributed by atoms with Crippen molar-refractivity contribution in [2.24, 2.45) is 5.73 Å². The molecule has 1 heterocycles. The standard InChI is InChI=1S/C4H7N3S2.2ClH/c5-1-2-8-4-7-6-3-9-4;;/h3H,1-2,5H2;2*1H. The molecule has 1 rings (SSSR count). The van der Waals surface area contributed by atoms with E-state index in [0.717, 1.165) is 10.1 Å². The van der Waals surface area contributed by atoms with E-state index in [1.54, 1.807) is 28.6 Å². The average Bonchev–Trinajstić information content (AvgIpc) is 2.34. The topological polar surface area (TPSA) is 51.8 Å². The minimum absolute atomic E-state index is 0. The van der Waals surface area contributed by atoms with Crippen molar-refractivity contribution in [2.75, 3.05) is 12.3 Å².